The quantitative estimate of drug-likeness (QED) is 0.832. The number of pyridine rings is 1. The van der Waals surface area contributed by atoms with Gasteiger partial charge in [-0.05, 0) is 17.7 Å². The lowest BCUT2D eigenvalue weighted by atomic mass is 10.2. The Balaban J connectivity index is 2.17. The lowest BCUT2D eigenvalue weighted by Crippen LogP contribution is -2.02. The SMILES string of the molecule is O=C(O)/C=C/c1cnc(Cn2ccnc2)c(F)c1. The number of imidazole rings is 1. The molecule has 5 nitrogen and oxygen atoms in total. The summed E-state index contributed by atoms with van der Waals surface area (Å²) in [5.41, 5.74) is 0.685. The molecule has 18 heavy (non-hydrogen) atoms. The van der Waals surface area contributed by atoms with Crippen molar-refractivity contribution >= 4 is 12.0 Å². The molecule has 0 radical (unpaired) electrons. The van der Waals surface area contributed by atoms with Gasteiger partial charge in [0.05, 0.1) is 18.6 Å². The molecule has 0 amide bonds. The fraction of sp³-hybridized carbons (Fsp3) is 0.0833. The van der Waals surface area contributed by atoms with E-state index < -0.39 is 11.8 Å². The van der Waals surface area contributed by atoms with Gasteiger partial charge in [0, 0.05) is 24.7 Å². The summed E-state index contributed by atoms with van der Waals surface area (Å²) in [6, 6.07) is 1.25. The molecule has 2 rings (SSSR count). The van der Waals surface area contributed by atoms with Gasteiger partial charge in [0.25, 0.3) is 0 Å². The van der Waals surface area contributed by atoms with Crippen LogP contribution in [0.4, 0.5) is 4.39 Å². The van der Waals surface area contributed by atoms with E-state index in [4.69, 9.17) is 5.11 Å². The third kappa shape index (κ3) is 3.00. The number of carbonyl (C=O) groups is 1. The maximum absolute atomic E-state index is 13.7. The van der Waals surface area contributed by atoms with Crippen LogP contribution in [0.5, 0.6) is 0 Å². The first-order chi connectivity index (χ1) is 8.65. The standard InChI is InChI=1S/C12H10FN3O2/c13-10-5-9(1-2-12(17)18)6-15-11(10)7-16-4-3-14-8-16/h1-6,8H,7H2,(H,17,18)/b2-1+. The third-order valence-corrected chi connectivity index (χ3v) is 2.25. The van der Waals surface area contributed by atoms with Crippen LogP contribution >= 0.6 is 0 Å². The van der Waals surface area contributed by atoms with Crippen LogP contribution in [0.2, 0.25) is 0 Å². The first-order valence-electron chi connectivity index (χ1n) is 5.16. The van der Waals surface area contributed by atoms with Crippen molar-refractivity contribution in [2.24, 2.45) is 0 Å². The Morgan fingerprint density at radius 2 is 2.39 bits per heavy atom. The molecule has 2 aromatic heterocycles. The second-order valence-corrected chi connectivity index (χ2v) is 3.60. The molecule has 2 heterocycles. The van der Waals surface area contributed by atoms with Crippen LogP contribution in [0.3, 0.4) is 0 Å². The Labute approximate surface area is 102 Å². The number of carboxylic acids is 1. The molecule has 0 aliphatic carbocycles. The van der Waals surface area contributed by atoms with Crippen molar-refractivity contribution in [3.63, 3.8) is 0 Å². The highest BCUT2D eigenvalue weighted by Gasteiger charge is 2.05. The molecule has 0 atom stereocenters. The molecule has 0 saturated heterocycles. The average molecular weight is 247 g/mol. The lowest BCUT2D eigenvalue weighted by molar-refractivity contribution is -0.131. The van der Waals surface area contributed by atoms with E-state index in [0.717, 1.165) is 6.08 Å². The summed E-state index contributed by atoms with van der Waals surface area (Å²) in [6.07, 6.45) is 8.53. The zero-order valence-corrected chi connectivity index (χ0v) is 9.32. The van der Waals surface area contributed by atoms with Gasteiger partial charge in [-0.25, -0.2) is 14.2 Å². The number of hydrogen-bond acceptors (Lipinski definition) is 3. The van der Waals surface area contributed by atoms with E-state index in [1.807, 2.05) is 0 Å². The molecule has 0 bridgehead atoms. The number of nitrogens with zero attached hydrogens (tertiary/aromatic N) is 3. The Hall–Kier alpha value is -2.50. The Bertz CT molecular complexity index is 579. The van der Waals surface area contributed by atoms with E-state index in [-0.39, 0.29) is 12.2 Å². The van der Waals surface area contributed by atoms with E-state index in [0.29, 0.717) is 5.56 Å². The largest absolute Gasteiger partial charge is 0.478 e. The molecule has 0 aliphatic rings. The van der Waals surface area contributed by atoms with Crippen molar-refractivity contribution in [3.05, 3.63) is 54.1 Å². The molecular formula is C12H10FN3O2. The summed E-state index contributed by atoms with van der Waals surface area (Å²) in [4.78, 5) is 18.1. The number of aliphatic carboxylic acids is 1. The van der Waals surface area contributed by atoms with Crippen LogP contribution in [-0.4, -0.2) is 25.6 Å². The van der Waals surface area contributed by atoms with Gasteiger partial charge in [0.15, 0.2) is 0 Å². The van der Waals surface area contributed by atoms with Crippen molar-refractivity contribution in [3.8, 4) is 0 Å². The summed E-state index contributed by atoms with van der Waals surface area (Å²) in [5, 5.41) is 8.46. The molecule has 0 aliphatic heterocycles. The number of rotatable bonds is 4. The van der Waals surface area contributed by atoms with E-state index in [2.05, 4.69) is 9.97 Å². The highest BCUT2D eigenvalue weighted by atomic mass is 19.1. The summed E-state index contributed by atoms with van der Waals surface area (Å²) >= 11 is 0. The van der Waals surface area contributed by atoms with Gasteiger partial charge in [-0.15, -0.1) is 0 Å². The van der Waals surface area contributed by atoms with Crippen molar-refractivity contribution in [1.29, 1.82) is 0 Å². The maximum atomic E-state index is 13.7. The molecule has 0 spiro atoms. The first-order valence-corrected chi connectivity index (χ1v) is 5.16. The van der Waals surface area contributed by atoms with Gasteiger partial charge in [0.2, 0.25) is 0 Å². The fourth-order valence-corrected chi connectivity index (χ4v) is 1.41. The Morgan fingerprint density at radius 1 is 1.56 bits per heavy atom. The highest BCUT2D eigenvalue weighted by molar-refractivity contribution is 5.85. The van der Waals surface area contributed by atoms with Crippen molar-refractivity contribution in [1.82, 2.24) is 14.5 Å². The number of hydrogen-bond donors (Lipinski definition) is 1. The number of carboxylic acid groups (broad SMARTS) is 1. The van der Waals surface area contributed by atoms with E-state index in [1.54, 1.807) is 23.3 Å². The normalized spacial score (nSPS) is 10.9. The molecule has 6 heteroatoms. The molecule has 0 unspecified atom stereocenters. The minimum Gasteiger partial charge on any atom is -0.478 e. The van der Waals surface area contributed by atoms with E-state index in [1.165, 1.54) is 18.3 Å². The van der Waals surface area contributed by atoms with Crippen LogP contribution in [0.25, 0.3) is 6.08 Å². The van der Waals surface area contributed by atoms with Crippen molar-refractivity contribution in [2.75, 3.05) is 0 Å². The molecule has 0 fully saturated rings. The predicted octanol–water partition coefficient (Wildman–Crippen LogP) is 1.56. The van der Waals surface area contributed by atoms with Gasteiger partial charge in [-0.1, -0.05) is 0 Å². The maximum Gasteiger partial charge on any atom is 0.328 e. The van der Waals surface area contributed by atoms with E-state index >= 15 is 0 Å². The second kappa shape index (κ2) is 5.22. The summed E-state index contributed by atoms with van der Waals surface area (Å²) in [5.74, 6) is -1.56. The fourth-order valence-electron chi connectivity index (χ4n) is 1.41. The van der Waals surface area contributed by atoms with Crippen LogP contribution in [0, 0.1) is 5.82 Å². The Morgan fingerprint density at radius 3 is 3.00 bits per heavy atom. The second-order valence-electron chi connectivity index (χ2n) is 3.60. The third-order valence-electron chi connectivity index (χ3n) is 2.25. The summed E-state index contributed by atoms with van der Waals surface area (Å²) < 4.78 is 15.4. The monoisotopic (exact) mass is 247 g/mol. The molecule has 2 aromatic rings. The average Bonchev–Trinajstić information content (AvgIpc) is 2.82. The Kier molecular flexibility index (Phi) is 3.47. The first kappa shape index (κ1) is 12.0. The van der Waals surface area contributed by atoms with Gasteiger partial charge >= 0.3 is 5.97 Å². The molecule has 92 valence electrons. The topological polar surface area (TPSA) is 68.0 Å². The van der Waals surface area contributed by atoms with Crippen molar-refractivity contribution in [2.45, 2.75) is 6.54 Å². The minimum atomic E-state index is -1.09. The zero-order valence-electron chi connectivity index (χ0n) is 9.32. The molecule has 0 aromatic carbocycles. The van der Waals surface area contributed by atoms with Crippen LogP contribution in [0.1, 0.15) is 11.3 Å². The van der Waals surface area contributed by atoms with Crippen LogP contribution in [-0.2, 0) is 11.3 Å². The zero-order chi connectivity index (χ0) is 13.0. The summed E-state index contributed by atoms with van der Waals surface area (Å²) in [7, 11) is 0. The van der Waals surface area contributed by atoms with Gasteiger partial charge < -0.3 is 9.67 Å². The lowest BCUT2D eigenvalue weighted by Gasteiger charge is -2.03. The van der Waals surface area contributed by atoms with Crippen LogP contribution in [0.15, 0.2) is 37.1 Å². The molecule has 0 saturated carbocycles. The summed E-state index contributed by atoms with van der Waals surface area (Å²) in [6.45, 7) is 0.286. The van der Waals surface area contributed by atoms with E-state index in [9.17, 15) is 9.18 Å². The van der Waals surface area contributed by atoms with Gasteiger partial charge in [0.1, 0.15) is 5.82 Å². The smallest absolute Gasteiger partial charge is 0.328 e. The molecule has 1 N–H and O–H groups in total. The highest BCUT2D eigenvalue weighted by Crippen LogP contribution is 2.10. The van der Waals surface area contributed by atoms with Crippen molar-refractivity contribution < 1.29 is 14.3 Å². The predicted molar refractivity (Wildman–Crippen MR) is 62.2 cm³/mol. The number of halogens is 1. The molecular weight excluding hydrogens is 237 g/mol. The van der Waals surface area contributed by atoms with Gasteiger partial charge in [-0.2, -0.15) is 0 Å². The van der Waals surface area contributed by atoms with Crippen LogP contribution < -0.4 is 0 Å². The van der Waals surface area contributed by atoms with Gasteiger partial charge in [-0.3, -0.25) is 4.98 Å². The number of aromatic nitrogens is 3. The minimum absolute atomic E-state index is 0.278.